The van der Waals surface area contributed by atoms with Crippen molar-refractivity contribution in [2.75, 3.05) is 5.73 Å². The van der Waals surface area contributed by atoms with Crippen LogP contribution in [0.1, 0.15) is 64.4 Å². The molecule has 2 unspecified atom stereocenters. The van der Waals surface area contributed by atoms with Crippen LogP contribution in [0.5, 0.6) is 0 Å². The van der Waals surface area contributed by atoms with E-state index in [1.807, 2.05) is 20.8 Å². The average molecular weight is 473 g/mol. The smallest absolute Gasteiger partial charge is 0.241 e. The van der Waals surface area contributed by atoms with Crippen molar-refractivity contribution < 1.29 is 13.2 Å². The van der Waals surface area contributed by atoms with Crippen LogP contribution in [0.3, 0.4) is 0 Å². The van der Waals surface area contributed by atoms with E-state index in [-0.39, 0.29) is 22.3 Å². The minimum absolute atomic E-state index is 0.133. The molecule has 0 spiro atoms. The minimum Gasteiger partial charge on any atom is -0.398 e. The van der Waals surface area contributed by atoms with Gasteiger partial charge in [-0.05, 0) is 107 Å². The van der Waals surface area contributed by atoms with E-state index >= 15 is 0 Å². The fraction of sp³-hybridized carbons (Fsp3) is 0.640. The summed E-state index contributed by atoms with van der Waals surface area (Å²) in [6.07, 6.45) is 6.87. The Labute approximate surface area is 196 Å². The molecule has 5 saturated carbocycles. The van der Waals surface area contributed by atoms with Gasteiger partial charge >= 0.3 is 0 Å². The number of amides is 1. The van der Waals surface area contributed by atoms with Gasteiger partial charge in [-0.2, -0.15) is 4.72 Å². The van der Waals surface area contributed by atoms with E-state index in [2.05, 4.69) is 10.0 Å². The van der Waals surface area contributed by atoms with Crippen LogP contribution in [0.25, 0.3) is 0 Å². The number of allylic oxidation sites excluding steroid dienone is 1. The molecule has 180 valence electrons. The number of hydrogen-bond donors (Lipinski definition) is 4. The molecule has 0 aromatic heterocycles. The van der Waals surface area contributed by atoms with E-state index in [0.29, 0.717) is 23.4 Å². The predicted octanol–water partition coefficient (Wildman–Crippen LogP) is 2.95. The Morgan fingerprint density at radius 2 is 1.76 bits per heavy atom. The first-order valence-corrected chi connectivity index (χ1v) is 13.6. The van der Waals surface area contributed by atoms with Crippen molar-refractivity contribution in [3.05, 3.63) is 35.0 Å². The third-order valence-corrected chi connectivity index (χ3v) is 10.2. The highest BCUT2D eigenvalue weighted by atomic mass is 32.2. The standard InChI is InChI=1S/C25H36N4O3S/c1-14-4-7-19(10-20(14)26)33(31,32)29-24(2,3)22(16-5-6-16)28-21-17-8-15-9-18(21)13-25(11-15,12-17)23(27)30/h4,7,10,15,17-18,21,28-29H,5-6,8-9,11-13,26H2,1-3H3,(H2,27,30). The number of carbonyl (C=O) groups is 1. The van der Waals surface area contributed by atoms with E-state index in [0.717, 1.165) is 56.2 Å². The maximum atomic E-state index is 13.2. The molecule has 5 aliphatic rings. The molecule has 6 rings (SSSR count). The summed E-state index contributed by atoms with van der Waals surface area (Å²) >= 11 is 0. The summed E-state index contributed by atoms with van der Waals surface area (Å²) < 4.78 is 29.4. The van der Waals surface area contributed by atoms with Gasteiger partial charge in [0.25, 0.3) is 0 Å². The molecule has 5 aliphatic carbocycles. The molecule has 1 aromatic carbocycles. The lowest BCUT2D eigenvalue weighted by atomic mass is 9.47. The Balaban J connectivity index is 1.38. The number of nitrogens with two attached hydrogens (primary N) is 2. The van der Waals surface area contributed by atoms with Gasteiger partial charge < -0.3 is 16.8 Å². The van der Waals surface area contributed by atoms with Gasteiger partial charge in [0.15, 0.2) is 0 Å². The van der Waals surface area contributed by atoms with Crippen molar-refractivity contribution in [2.24, 2.45) is 28.9 Å². The predicted molar refractivity (Wildman–Crippen MR) is 128 cm³/mol. The van der Waals surface area contributed by atoms with Crippen LogP contribution in [0, 0.1) is 30.1 Å². The first-order chi connectivity index (χ1) is 15.4. The van der Waals surface area contributed by atoms with Crippen molar-refractivity contribution in [1.82, 2.24) is 10.0 Å². The lowest BCUT2D eigenvalue weighted by molar-refractivity contribution is -0.145. The number of benzene rings is 1. The summed E-state index contributed by atoms with van der Waals surface area (Å²) in [6, 6.07) is 5.11. The van der Waals surface area contributed by atoms with E-state index in [1.165, 1.54) is 11.6 Å². The molecule has 2 atom stereocenters. The Kier molecular flexibility index (Phi) is 5.14. The molecule has 0 heterocycles. The number of nitrogen functional groups attached to an aromatic ring is 1. The number of carbonyl (C=O) groups excluding carboxylic acids is 1. The third kappa shape index (κ3) is 3.95. The molecular formula is C25H36N4O3S. The highest BCUT2D eigenvalue weighted by molar-refractivity contribution is 7.89. The monoisotopic (exact) mass is 472 g/mol. The van der Waals surface area contributed by atoms with Crippen LogP contribution in [0.15, 0.2) is 34.4 Å². The molecule has 6 N–H and O–H groups in total. The van der Waals surface area contributed by atoms with E-state index < -0.39 is 15.6 Å². The molecule has 8 heteroatoms. The summed E-state index contributed by atoms with van der Waals surface area (Å²) in [6.45, 7) is 5.71. The Hall–Kier alpha value is -2.06. The fourth-order valence-corrected chi connectivity index (χ4v) is 8.42. The first kappa shape index (κ1) is 22.7. The normalized spacial score (nSPS) is 32.6. The van der Waals surface area contributed by atoms with Crippen LogP contribution >= 0.6 is 0 Å². The zero-order valence-corrected chi connectivity index (χ0v) is 20.6. The Morgan fingerprint density at radius 3 is 2.30 bits per heavy atom. The highest BCUT2D eigenvalue weighted by Gasteiger charge is 2.58. The van der Waals surface area contributed by atoms with E-state index in [4.69, 9.17) is 11.5 Å². The lowest BCUT2D eigenvalue weighted by Gasteiger charge is -2.59. The van der Waals surface area contributed by atoms with Gasteiger partial charge in [-0.15, -0.1) is 0 Å². The zero-order valence-electron chi connectivity index (χ0n) is 19.8. The van der Waals surface area contributed by atoms with Gasteiger partial charge in [-0.25, -0.2) is 8.42 Å². The van der Waals surface area contributed by atoms with Gasteiger partial charge in [-0.3, -0.25) is 4.79 Å². The van der Waals surface area contributed by atoms with Crippen LogP contribution in [0.4, 0.5) is 5.69 Å². The van der Waals surface area contributed by atoms with Crippen molar-refractivity contribution in [2.45, 2.75) is 82.2 Å². The second kappa shape index (κ2) is 7.47. The molecule has 5 fully saturated rings. The molecule has 0 saturated heterocycles. The number of nitrogens with one attached hydrogen (secondary N) is 2. The van der Waals surface area contributed by atoms with Crippen LogP contribution in [-0.2, 0) is 14.8 Å². The molecule has 0 radical (unpaired) electrons. The second-order valence-corrected chi connectivity index (χ2v) is 13.2. The number of aryl methyl sites for hydroxylation is 1. The Bertz CT molecular complexity index is 1120. The number of sulfonamides is 1. The lowest BCUT2D eigenvalue weighted by Crippen LogP contribution is -2.62. The molecule has 7 nitrogen and oxygen atoms in total. The van der Waals surface area contributed by atoms with Gasteiger partial charge in [0.05, 0.1) is 10.4 Å². The topological polar surface area (TPSA) is 127 Å². The summed E-state index contributed by atoms with van der Waals surface area (Å²) in [5.74, 6) is 1.26. The second-order valence-electron chi connectivity index (χ2n) is 11.5. The van der Waals surface area contributed by atoms with Crippen LogP contribution in [-0.4, -0.2) is 25.9 Å². The van der Waals surface area contributed by atoms with E-state index in [9.17, 15) is 13.2 Å². The van der Waals surface area contributed by atoms with Gasteiger partial charge in [0.2, 0.25) is 15.9 Å². The number of anilines is 1. The maximum absolute atomic E-state index is 13.2. The van der Waals surface area contributed by atoms with Crippen molar-refractivity contribution in [3.63, 3.8) is 0 Å². The number of primary amides is 1. The molecular weight excluding hydrogens is 436 g/mol. The van der Waals surface area contributed by atoms with E-state index in [1.54, 1.807) is 12.1 Å². The van der Waals surface area contributed by atoms with Gasteiger partial charge in [0, 0.05) is 22.8 Å². The molecule has 1 aromatic rings. The summed E-state index contributed by atoms with van der Waals surface area (Å²) in [4.78, 5) is 12.5. The van der Waals surface area contributed by atoms with Gasteiger partial charge in [0.1, 0.15) is 0 Å². The van der Waals surface area contributed by atoms with Crippen LogP contribution < -0.4 is 21.5 Å². The van der Waals surface area contributed by atoms with Crippen molar-refractivity contribution in [1.29, 1.82) is 0 Å². The molecule has 33 heavy (non-hydrogen) atoms. The average Bonchev–Trinajstić information content (AvgIpc) is 3.53. The fourth-order valence-electron chi connectivity index (χ4n) is 7.00. The summed E-state index contributed by atoms with van der Waals surface area (Å²) in [7, 11) is -3.76. The first-order valence-electron chi connectivity index (χ1n) is 12.1. The molecule has 1 amide bonds. The van der Waals surface area contributed by atoms with Crippen molar-refractivity contribution >= 4 is 21.6 Å². The summed E-state index contributed by atoms with van der Waals surface area (Å²) in [5, 5.41) is 3.83. The van der Waals surface area contributed by atoms with Crippen molar-refractivity contribution in [3.8, 4) is 0 Å². The maximum Gasteiger partial charge on any atom is 0.241 e. The third-order valence-electron chi connectivity index (χ3n) is 8.54. The minimum atomic E-state index is -3.76. The number of rotatable bonds is 7. The number of hydrogen-bond acceptors (Lipinski definition) is 5. The molecule has 4 bridgehead atoms. The quantitative estimate of drug-likeness (QED) is 0.454. The SMILES string of the molecule is Cc1ccc(S(=O)(=O)NC(C)(C)C(NC2C3CC4CC2CC(C(N)=O)(C4)C3)=C2CC2)cc1N. The zero-order chi connectivity index (χ0) is 23.8. The largest absolute Gasteiger partial charge is 0.398 e. The molecule has 0 aliphatic heterocycles. The Morgan fingerprint density at radius 1 is 1.12 bits per heavy atom. The van der Waals surface area contributed by atoms with Crippen LogP contribution in [0.2, 0.25) is 0 Å². The van der Waals surface area contributed by atoms with Gasteiger partial charge in [-0.1, -0.05) is 6.07 Å². The summed E-state index contributed by atoms with van der Waals surface area (Å²) in [5.41, 5.74) is 14.3. The highest BCUT2D eigenvalue weighted by Crippen LogP contribution is 2.60.